The summed E-state index contributed by atoms with van der Waals surface area (Å²) in [5, 5.41) is 7.58. The van der Waals surface area contributed by atoms with Crippen molar-refractivity contribution >= 4 is 33.3 Å². The number of rotatable bonds is 7. The molecule has 33 heavy (non-hydrogen) atoms. The monoisotopic (exact) mass is 466 g/mol. The van der Waals surface area contributed by atoms with Crippen LogP contribution < -0.4 is 10.6 Å². The molecular weight excluding hydrogens is 436 g/mol. The van der Waals surface area contributed by atoms with E-state index in [-0.39, 0.29) is 17.4 Å². The lowest BCUT2D eigenvalue weighted by atomic mass is 9.74. The Morgan fingerprint density at radius 3 is 2.76 bits per heavy atom. The number of benzene rings is 1. The van der Waals surface area contributed by atoms with E-state index in [1.165, 1.54) is 16.9 Å². The van der Waals surface area contributed by atoms with Gasteiger partial charge in [0.2, 0.25) is 0 Å². The third-order valence-electron chi connectivity index (χ3n) is 6.88. The molecule has 4 heterocycles. The van der Waals surface area contributed by atoms with Crippen molar-refractivity contribution in [1.29, 1.82) is 0 Å². The van der Waals surface area contributed by atoms with Crippen LogP contribution in [0.3, 0.4) is 0 Å². The highest BCUT2D eigenvalue weighted by molar-refractivity contribution is 7.20. The Bertz CT molecular complexity index is 1110. The Labute approximate surface area is 197 Å². The van der Waals surface area contributed by atoms with Crippen LogP contribution in [0.1, 0.15) is 46.5 Å². The zero-order valence-electron chi connectivity index (χ0n) is 18.9. The number of aromatic nitrogens is 2. The highest BCUT2D eigenvalue weighted by Gasteiger charge is 2.34. The molecule has 2 aromatic heterocycles. The summed E-state index contributed by atoms with van der Waals surface area (Å²) in [4.78, 5) is 23.4. The fourth-order valence-electron chi connectivity index (χ4n) is 4.89. The molecule has 2 saturated heterocycles. The predicted molar refractivity (Wildman–Crippen MR) is 130 cm³/mol. The molecule has 5 rings (SSSR count). The third-order valence-corrected chi connectivity index (χ3v) is 8.08. The van der Waals surface area contributed by atoms with Gasteiger partial charge < -0.3 is 20.1 Å². The van der Waals surface area contributed by atoms with Crippen molar-refractivity contribution in [2.75, 3.05) is 38.2 Å². The molecule has 0 bridgehead atoms. The Hall–Kier alpha value is -2.55. The standard InChI is InChI=1S/C25H30N4O3S/c1-17-20-22(27-15-25(9-12-31-13-10-25)18-6-3-2-4-7-18)28-16-29-24(20)33-21(17)23(30)26-14-19-8-5-11-32-19/h2-4,6-7,16,19H,5,8-15H2,1H3,(H,26,30)(H,27,28,29). The Morgan fingerprint density at radius 1 is 1.18 bits per heavy atom. The summed E-state index contributed by atoms with van der Waals surface area (Å²) in [7, 11) is 0. The van der Waals surface area contributed by atoms with E-state index in [4.69, 9.17) is 9.47 Å². The van der Waals surface area contributed by atoms with Crippen LogP contribution in [0, 0.1) is 6.92 Å². The van der Waals surface area contributed by atoms with E-state index in [0.29, 0.717) is 11.4 Å². The molecule has 2 aliphatic heterocycles. The van der Waals surface area contributed by atoms with Gasteiger partial charge in [-0.3, -0.25) is 4.79 Å². The molecule has 1 unspecified atom stereocenters. The van der Waals surface area contributed by atoms with E-state index in [0.717, 1.165) is 73.6 Å². The number of nitrogens with zero attached hydrogens (tertiary/aromatic N) is 2. The second-order valence-electron chi connectivity index (χ2n) is 8.92. The van der Waals surface area contributed by atoms with Gasteiger partial charge in [-0.1, -0.05) is 30.3 Å². The first-order valence-corrected chi connectivity index (χ1v) is 12.5. The zero-order chi connectivity index (χ0) is 22.7. The lowest BCUT2D eigenvalue weighted by Gasteiger charge is -2.38. The normalized spacial score (nSPS) is 20.1. The molecule has 2 N–H and O–H groups in total. The van der Waals surface area contributed by atoms with Crippen molar-refractivity contribution < 1.29 is 14.3 Å². The Morgan fingerprint density at radius 2 is 2.00 bits per heavy atom. The quantitative estimate of drug-likeness (QED) is 0.546. The average molecular weight is 467 g/mol. The molecule has 0 spiro atoms. The molecule has 0 radical (unpaired) electrons. The van der Waals surface area contributed by atoms with Crippen molar-refractivity contribution in [3.63, 3.8) is 0 Å². The zero-order valence-corrected chi connectivity index (χ0v) is 19.7. The number of thiophene rings is 1. The van der Waals surface area contributed by atoms with E-state index in [1.807, 2.05) is 6.92 Å². The van der Waals surface area contributed by atoms with Crippen molar-refractivity contribution in [3.8, 4) is 0 Å². The number of ether oxygens (including phenoxy) is 2. The molecule has 7 nitrogen and oxygen atoms in total. The summed E-state index contributed by atoms with van der Waals surface area (Å²) < 4.78 is 11.3. The van der Waals surface area contributed by atoms with Crippen LogP contribution in [0.15, 0.2) is 36.7 Å². The van der Waals surface area contributed by atoms with Crippen LogP contribution in [-0.2, 0) is 14.9 Å². The van der Waals surface area contributed by atoms with Crippen LogP contribution >= 0.6 is 11.3 Å². The third kappa shape index (κ3) is 4.60. The number of amides is 1. The number of fused-ring (bicyclic) bond motifs is 1. The maximum Gasteiger partial charge on any atom is 0.261 e. The van der Waals surface area contributed by atoms with Gasteiger partial charge in [0.05, 0.1) is 16.4 Å². The van der Waals surface area contributed by atoms with Crippen molar-refractivity contribution in [2.45, 2.75) is 44.1 Å². The first-order chi connectivity index (χ1) is 16.2. The molecule has 174 valence electrons. The van der Waals surface area contributed by atoms with Gasteiger partial charge in [0.15, 0.2) is 0 Å². The maximum atomic E-state index is 12.9. The molecule has 0 saturated carbocycles. The van der Waals surface area contributed by atoms with E-state index in [1.54, 1.807) is 6.33 Å². The minimum atomic E-state index is -0.0675. The van der Waals surface area contributed by atoms with Gasteiger partial charge >= 0.3 is 0 Å². The fourth-order valence-corrected chi connectivity index (χ4v) is 5.95. The predicted octanol–water partition coefficient (Wildman–Crippen LogP) is 4.07. The van der Waals surface area contributed by atoms with Crippen molar-refractivity contribution in [1.82, 2.24) is 15.3 Å². The smallest absolute Gasteiger partial charge is 0.261 e. The summed E-state index contributed by atoms with van der Waals surface area (Å²) in [5.74, 6) is 0.718. The molecule has 8 heteroatoms. The SMILES string of the molecule is Cc1c(C(=O)NCC2CCCO2)sc2ncnc(NCC3(c4ccccc4)CCOCC3)c12. The van der Waals surface area contributed by atoms with Crippen molar-refractivity contribution in [3.05, 3.63) is 52.7 Å². The fraction of sp³-hybridized carbons (Fsp3) is 0.480. The number of nitrogens with one attached hydrogen (secondary N) is 2. The topological polar surface area (TPSA) is 85.4 Å². The number of carbonyl (C=O) groups excluding carboxylic acids is 1. The van der Waals surface area contributed by atoms with Gasteiger partial charge in [-0.25, -0.2) is 9.97 Å². The van der Waals surface area contributed by atoms with E-state index in [2.05, 4.69) is 50.9 Å². The van der Waals surface area contributed by atoms with E-state index < -0.39 is 0 Å². The van der Waals surface area contributed by atoms with Gasteiger partial charge in [0.1, 0.15) is 17.0 Å². The highest BCUT2D eigenvalue weighted by atomic mass is 32.1. The first kappa shape index (κ1) is 22.3. The van der Waals surface area contributed by atoms with Crippen LogP contribution in [0.25, 0.3) is 10.2 Å². The first-order valence-electron chi connectivity index (χ1n) is 11.7. The Kier molecular flexibility index (Phi) is 6.57. The number of hydrogen-bond acceptors (Lipinski definition) is 7. The van der Waals surface area contributed by atoms with Gasteiger partial charge in [-0.05, 0) is 43.7 Å². The molecular formula is C25H30N4O3S. The number of anilines is 1. The summed E-state index contributed by atoms with van der Waals surface area (Å²) in [5.41, 5.74) is 2.23. The minimum absolute atomic E-state index is 0.0117. The van der Waals surface area contributed by atoms with Gasteiger partial charge in [0.25, 0.3) is 5.91 Å². The summed E-state index contributed by atoms with van der Waals surface area (Å²) in [6.45, 7) is 5.57. The van der Waals surface area contributed by atoms with E-state index in [9.17, 15) is 4.79 Å². The molecule has 2 fully saturated rings. The number of aryl methyl sites for hydroxylation is 1. The largest absolute Gasteiger partial charge is 0.381 e. The van der Waals surface area contributed by atoms with Crippen LogP contribution in [0.4, 0.5) is 5.82 Å². The lowest BCUT2D eigenvalue weighted by molar-refractivity contribution is 0.0544. The lowest BCUT2D eigenvalue weighted by Crippen LogP contribution is -2.40. The molecule has 3 aromatic rings. The number of hydrogen-bond donors (Lipinski definition) is 2. The van der Waals surface area contributed by atoms with E-state index >= 15 is 0 Å². The van der Waals surface area contributed by atoms with Gasteiger partial charge in [-0.15, -0.1) is 11.3 Å². The summed E-state index contributed by atoms with van der Waals surface area (Å²) in [6.07, 6.45) is 5.67. The van der Waals surface area contributed by atoms with Crippen LogP contribution in [0.5, 0.6) is 0 Å². The van der Waals surface area contributed by atoms with Gasteiger partial charge in [-0.2, -0.15) is 0 Å². The second-order valence-corrected chi connectivity index (χ2v) is 9.92. The Balaban J connectivity index is 1.37. The number of carbonyl (C=O) groups is 1. The summed E-state index contributed by atoms with van der Waals surface area (Å²) >= 11 is 1.42. The molecule has 0 aliphatic carbocycles. The summed E-state index contributed by atoms with van der Waals surface area (Å²) in [6, 6.07) is 10.7. The average Bonchev–Trinajstić information content (AvgIpc) is 3.51. The highest BCUT2D eigenvalue weighted by Crippen LogP contribution is 2.37. The van der Waals surface area contributed by atoms with Crippen LogP contribution in [-0.4, -0.2) is 54.9 Å². The minimum Gasteiger partial charge on any atom is -0.381 e. The molecule has 1 amide bonds. The molecule has 1 aromatic carbocycles. The van der Waals surface area contributed by atoms with Gasteiger partial charge in [0, 0.05) is 38.3 Å². The molecule has 1 atom stereocenters. The molecule has 2 aliphatic rings. The van der Waals surface area contributed by atoms with Crippen molar-refractivity contribution in [2.24, 2.45) is 0 Å². The maximum absolute atomic E-state index is 12.9. The second kappa shape index (κ2) is 9.75. The van der Waals surface area contributed by atoms with Crippen LogP contribution in [0.2, 0.25) is 0 Å².